The van der Waals surface area contributed by atoms with Crippen LogP contribution in [0.2, 0.25) is 0 Å². The zero-order valence-corrected chi connectivity index (χ0v) is 16.4. The van der Waals surface area contributed by atoms with Gasteiger partial charge >= 0.3 is 0 Å². The minimum atomic E-state index is -1.01. The second-order valence-corrected chi connectivity index (χ2v) is 7.23. The van der Waals surface area contributed by atoms with E-state index in [0.29, 0.717) is 12.8 Å². The number of aliphatic hydroxyl groups excluding tert-OH is 2. The van der Waals surface area contributed by atoms with Gasteiger partial charge in [-0.3, -0.25) is 9.48 Å². The molecule has 0 aromatic carbocycles. The van der Waals surface area contributed by atoms with E-state index in [2.05, 4.69) is 22.6 Å². The summed E-state index contributed by atoms with van der Waals surface area (Å²) in [5, 5.41) is 30.0. The van der Waals surface area contributed by atoms with Crippen molar-refractivity contribution in [3.63, 3.8) is 0 Å². The summed E-state index contributed by atoms with van der Waals surface area (Å²) in [6.45, 7) is 3.85. The summed E-state index contributed by atoms with van der Waals surface area (Å²) in [6, 6.07) is 0. The lowest BCUT2D eigenvalue weighted by Crippen LogP contribution is -2.53. The van der Waals surface area contributed by atoms with Crippen LogP contribution in [0.15, 0.2) is 6.20 Å². The summed E-state index contributed by atoms with van der Waals surface area (Å²) >= 11 is 0. The van der Waals surface area contributed by atoms with Crippen molar-refractivity contribution in [2.45, 2.75) is 90.1 Å². The monoisotopic (exact) mass is 368 g/mol. The molecule has 0 unspecified atom stereocenters. The van der Waals surface area contributed by atoms with E-state index in [4.69, 9.17) is 0 Å². The molecule has 7 nitrogen and oxygen atoms in total. The second kappa shape index (κ2) is 12.8. The molecule has 1 aromatic rings. The highest BCUT2D eigenvalue weighted by Gasteiger charge is 2.29. The quantitative estimate of drug-likeness (QED) is 0.412. The number of amides is 1. The molecule has 0 aliphatic carbocycles. The van der Waals surface area contributed by atoms with E-state index in [0.717, 1.165) is 18.7 Å². The molecule has 0 aliphatic heterocycles. The average molecular weight is 369 g/mol. The van der Waals surface area contributed by atoms with Crippen molar-refractivity contribution in [3.8, 4) is 0 Å². The molecule has 3 N–H and O–H groups in total. The molecule has 0 saturated carbocycles. The van der Waals surface area contributed by atoms with E-state index in [1.807, 2.05) is 10.9 Å². The van der Waals surface area contributed by atoms with Gasteiger partial charge in [0.2, 0.25) is 5.91 Å². The molecular formula is C19H36N4O3. The summed E-state index contributed by atoms with van der Waals surface area (Å²) in [6.07, 6.45) is 13.1. The average Bonchev–Trinajstić information content (AvgIpc) is 3.08. The van der Waals surface area contributed by atoms with Crippen LogP contribution < -0.4 is 5.32 Å². The first-order valence-corrected chi connectivity index (χ1v) is 9.94. The van der Waals surface area contributed by atoms with Crippen LogP contribution in [-0.4, -0.2) is 49.9 Å². The van der Waals surface area contributed by atoms with Crippen molar-refractivity contribution in [1.29, 1.82) is 0 Å². The number of rotatable bonds is 15. The van der Waals surface area contributed by atoms with Gasteiger partial charge < -0.3 is 15.5 Å². The molecule has 0 fully saturated rings. The van der Waals surface area contributed by atoms with Gasteiger partial charge in [-0.2, -0.15) is 0 Å². The highest BCUT2D eigenvalue weighted by molar-refractivity contribution is 5.73. The number of nitrogens with zero attached hydrogens (tertiary/aromatic N) is 3. The van der Waals surface area contributed by atoms with Crippen molar-refractivity contribution < 1.29 is 15.0 Å². The van der Waals surface area contributed by atoms with Gasteiger partial charge in [0.25, 0.3) is 0 Å². The number of aromatic nitrogens is 3. The Morgan fingerprint density at radius 2 is 1.73 bits per heavy atom. The maximum atomic E-state index is 11.3. The van der Waals surface area contributed by atoms with E-state index in [-0.39, 0.29) is 19.1 Å². The predicted molar refractivity (Wildman–Crippen MR) is 102 cm³/mol. The molecule has 26 heavy (non-hydrogen) atoms. The van der Waals surface area contributed by atoms with Crippen LogP contribution in [0.1, 0.15) is 77.3 Å². The minimum absolute atomic E-state index is 0.272. The van der Waals surface area contributed by atoms with Crippen molar-refractivity contribution in [1.82, 2.24) is 20.3 Å². The number of carbonyl (C=O) groups excluding carboxylic acids is 1. The summed E-state index contributed by atoms with van der Waals surface area (Å²) in [5.74, 6) is -0.272. The lowest BCUT2D eigenvalue weighted by Gasteiger charge is -2.30. The van der Waals surface area contributed by atoms with Gasteiger partial charge in [-0.25, -0.2) is 0 Å². The molecule has 0 radical (unpaired) electrons. The van der Waals surface area contributed by atoms with Crippen LogP contribution in [-0.2, 0) is 17.8 Å². The van der Waals surface area contributed by atoms with E-state index in [9.17, 15) is 15.0 Å². The molecule has 1 amide bonds. The lowest BCUT2D eigenvalue weighted by molar-refractivity contribution is -0.122. The Balaban J connectivity index is 2.28. The van der Waals surface area contributed by atoms with E-state index < -0.39 is 5.54 Å². The van der Waals surface area contributed by atoms with Gasteiger partial charge in [-0.15, -0.1) is 5.10 Å². The van der Waals surface area contributed by atoms with Gasteiger partial charge in [0.15, 0.2) is 0 Å². The van der Waals surface area contributed by atoms with Gasteiger partial charge in [-0.05, 0) is 19.3 Å². The molecule has 0 bridgehead atoms. The first-order chi connectivity index (χ1) is 12.5. The summed E-state index contributed by atoms with van der Waals surface area (Å²) in [4.78, 5) is 11.3. The number of aliphatic hydroxyl groups is 2. The van der Waals surface area contributed by atoms with Crippen molar-refractivity contribution in [2.75, 3.05) is 13.2 Å². The predicted octanol–water partition coefficient (Wildman–Crippen LogP) is 2.21. The topological polar surface area (TPSA) is 100 Å². The summed E-state index contributed by atoms with van der Waals surface area (Å²) < 4.78 is 1.85. The molecule has 0 aliphatic rings. The van der Waals surface area contributed by atoms with Crippen LogP contribution >= 0.6 is 0 Å². The highest BCUT2D eigenvalue weighted by Crippen LogP contribution is 2.14. The largest absolute Gasteiger partial charge is 0.394 e. The Labute approximate surface area is 157 Å². The first kappa shape index (κ1) is 22.6. The second-order valence-electron chi connectivity index (χ2n) is 7.23. The first-order valence-electron chi connectivity index (χ1n) is 9.94. The molecule has 0 spiro atoms. The van der Waals surface area contributed by atoms with E-state index in [1.165, 1.54) is 51.9 Å². The number of hydrogen-bond acceptors (Lipinski definition) is 5. The summed E-state index contributed by atoms with van der Waals surface area (Å²) in [5.41, 5.74) is -0.200. The van der Waals surface area contributed by atoms with Crippen molar-refractivity contribution in [2.24, 2.45) is 0 Å². The number of nitrogens with one attached hydrogen (secondary N) is 1. The third-order valence-corrected chi connectivity index (χ3v) is 4.73. The minimum Gasteiger partial charge on any atom is -0.394 e. The van der Waals surface area contributed by atoms with Crippen molar-refractivity contribution >= 4 is 5.91 Å². The molecule has 150 valence electrons. The molecule has 1 heterocycles. The van der Waals surface area contributed by atoms with E-state index in [1.54, 1.807) is 0 Å². The van der Waals surface area contributed by atoms with Gasteiger partial charge in [0.05, 0.1) is 24.4 Å². The molecule has 7 heteroatoms. The number of unbranched alkanes of at least 4 members (excludes halogenated alkanes) is 7. The molecule has 0 atom stereocenters. The molecule has 0 saturated heterocycles. The fraction of sp³-hybridized carbons (Fsp3) is 0.842. The van der Waals surface area contributed by atoms with Gasteiger partial charge in [0, 0.05) is 19.7 Å². The smallest absolute Gasteiger partial charge is 0.217 e. The van der Waals surface area contributed by atoms with Crippen LogP contribution in [0.5, 0.6) is 0 Å². The third-order valence-electron chi connectivity index (χ3n) is 4.73. The fourth-order valence-electron chi connectivity index (χ4n) is 3.06. The van der Waals surface area contributed by atoms with Crippen LogP contribution in [0.25, 0.3) is 0 Å². The third kappa shape index (κ3) is 8.76. The normalized spacial score (nSPS) is 11.7. The molecule has 1 aromatic heterocycles. The Morgan fingerprint density at radius 3 is 2.31 bits per heavy atom. The number of carbonyl (C=O) groups is 1. The fourth-order valence-corrected chi connectivity index (χ4v) is 3.06. The zero-order chi connectivity index (χ0) is 19.3. The summed E-state index contributed by atoms with van der Waals surface area (Å²) in [7, 11) is 0. The Morgan fingerprint density at radius 1 is 1.12 bits per heavy atom. The Hall–Kier alpha value is -1.47. The van der Waals surface area contributed by atoms with Gasteiger partial charge in [0.1, 0.15) is 0 Å². The van der Waals surface area contributed by atoms with Crippen LogP contribution in [0, 0.1) is 0 Å². The number of aryl methyl sites for hydroxylation is 2. The molecular weight excluding hydrogens is 332 g/mol. The highest BCUT2D eigenvalue weighted by atomic mass is 16.3. The van der Waals surface area contributed by atoms with E-state index >= 15 is 0 Å². The zero-order valence-electron chi connectivity index (χ0n) is 16.4. The Kier molecular flexibility index (Phi) is 11.1. The maximum absolute atomic E-state index is 11.3. The standard InChI is InChI=1S/C19H36N4O3/c1-3-4-5-6-7-8-9-10-13-23-14-18(21-22-23)11-12-19(15-24,16-25)20-17(2)26/h14,24-25H,3-13,15-16H2,1-2H3,(H,20,26). The van der Waals surface area contributed by atoms with Crippen LogP contribution in [0.4, 0.5) is 0 Å². The Bertz CT molecular complexity index is 501. The number of hydrogen-bond donors (Lipinski definition) is 3. The van der Waals surface area contributed by atoms with Crippen molar-refractivity contribution in [3.05, 3.63) is 11.9 Å². The van der Waals surface area contributed by atoms with Gasteiger partial charge in [-0.1, -0.05) is 57.1 Å². The SMILES string of the molecule is CCCCCCCCCCn1cc(CCC(CO)(CO)NC(C)=O)nn1. The molecule has 1 rings (SSSR count). The lowest BCUT2D eigenvalue weighted by atomic mass is 9.94. The maximum Gasteiger partial charge on any atom is 0.217 e. The van der Waals surface area contributed by atoms with Crippen LogP contribution in [0.3, 0.4) is 0 Å².